The molecule has 1 fully saturated rings. The van der Waals surface area contributed by atoms with Crippen LogP contribution in [0.25, 0.3) is 0 Å². The lowest BCUT2D eigenvalue weighted by Gasteiger charge is -2.27. The predicted molar refractivity (Wildman–Crippen MR) is 78.7 cm³/mol. The highest BCUT2D eigenvalue weighted by molar-refractivity contribution is 8.00. The molecule has 108 valence electrons. The molecule has 1 aliphatic rings. The summed E-state index contributed by atoms with van der Waals surface area (Å²) >= 11 is 1.46. The number of hydrogen-bond acceptors (Lipinski definition) is 3. The van der Waals surface area contributed by atoms with Gasteiger partial charge in [-0.2, -0.15) is 0 Å². The van der Waals surface area contributed by atoms with Crippen molar-refractivity contribution in [3.8, 4) is 0 Å². The summed E-state index contributed by atoms with van der Waals surface area (Å²) < 4.78 is 0. The number of carbonyl (C=O) groups is 2. The molecule has 2 atom stereocenters. The van der Waals surface area contributed by atoms with Gasteiger partial charge in [0, 0.05) is 10.9 Å². The number of hydrogen-bond donors (Lipinski definition) is 2. The number of nitrogens with one attached hydrogen (secondary N) is 1. The zero-order valence-electron chi connectivity index (χ0n) is 11.5. The molecule has 1 aliphatic carbocycles. The van der Waals surface area contributed by atoms with Crippen LogP contribution in [0.5, 0.6) is 0 Å². The molecule has 4 nitrogen and oxygen atoms in total. The lowest BCUT2D eigenvalue weighted by atomic mass is 9.85. The first-order chi connectivity index (χ1) is 9.52. The molecule has 1 aromatic rings. The molecule has 1 saturated carbocycles. The molecule has 0 spiro atoms. The Bertz CT molecular complexity index is 491. The van der Waals surface area contributed by atoms with Gasteiger partial charge in [0.15, 0.2) is 0 Å². The second kappa shape index (κ2) is 6.31. The summed E-state index contributed by atoms with van der Waals surface area (Å²) in [5.41, 5.74) is -0.826. The van der Waals surface area contributed by atoms with E-state index in [1.807, 2.05) is 30.3 Å². The van der Waals surface area contributed by atoms with Gasteiger partial charge in [0.25, 0.3) is 0 Å². The van der Waals surface area contributed by atoms with Crippen molar-refractivity contribution >= 4 is 23.6 Å². The van der Waals surface area contributed by atoms with Gasteiger partial charge in [-0.25, -0.2) is 0 Å². The van der Waals surface area contributed by atoms with Gasteiger partial charge in [-0.15, -0.1) is 11.8 Å². The van der Waals surface area contributed by atoms with Crippen molar-refractivity contribution in [2.45, 2.75) is 37.1 Å². The summed E-state index contributed by atoms with van der Waals surface area (Å²) in [6, 6.07) is 9.44. The maximum atomic E-state index is 12.0. The maximum absolute atomic E-state index is 12.0. The van der Waals surface area contributed by atoms with Crippen LogP contribution in [0.1, 0.15) is 26.2 Å². The lowest BCUT2D eigenvalue weighted by Crippen LogP contribution is -2.47. The molecule has 2 N–H and O–H groups in total. The fourth-order valence-corrected chi connectivity index (χ4v) is 3.29. The third-order valence-electron chi connectivity index (χ3n) is 3.89. The van der Waals surface area contributed by atoms with Gasteiger partial charge in [0.2, 0.25) is 5.91 Å². The van der Waals surface area contributed by atoms with Gasteiger partial charge in [-0.05, 0) is 31.9 Å². The summed E-state index contributed by atoms with van der Waals surface area (Å²) in [6.07, 6.45) is 2.21. The standard InChI is InChI=1S/C15H19NO3S/c1-15(14(18)19)9-5-8-12(15)16-13(17)10-20-11-6-3-2-4-7-11/h2-4,6-7,12H,5,8-10H2,1H3,(H,16,17)(H,18,19). The number of aliphatic carboxylic acids is 1. The lowest BCUT2D eigenvalue weighted by molar-refractivity contribution is -0.149. The van der Waals surface area contributed by atoms with Crippen LogP contribution in [0.4, 0.5) is 0 Å². The van der Waals surface area contributed by atoms with Crippen molar-refractivity contribution in [3.63, 3.8) is 0 Å². The van der Waals surface area contributed by atoms with E-state index in [1.165, 1.54) is 11.8 Å². The Labute approximate surface area is 123 Å². The van der Waals surface area contributed by atoms with Gasteiger partial charge in [-0.3, -0.25) is 9.59 Å². The Morgan fingerprint density at radius 1 is 1.40 bits per heavy atom. The van der Waals surface area contributed by atoms with Crippen molar-refractivity contribution in [2.24, 2.45) is 5.41 Å². The van der Waals surface area contributed by atoms with Crippen molar-refractivity contribution in [3.05, 3.63) is 30.3 Å². The van der Waals surface area contributed by atoms with Crippen LogP contribution in [-0.4, -0.2) is 28.8 Å². The molecular formula is C15H19NO3S. The number of thioether (sulfide) groups is 1. The summed E-state index contributed by atoms with van der Waals surface area (Å²) in [7, 11) is 0. The van der Waals surface area contributed by atoms with E-state index in [1.54, 1.807) is 6.92 Å². The minimum absolute atomic E-state index is 0.0989. The predicted octanol–water partition coefficient (Wildman–Crippen LogP) is 2.54. The fourth-order valence-electron chi connectivity index (χ4n) is 2.56. The van der Waals surface area contributed by atoms with Gasteiger partial charge >= 0.3 is 5.97 Å². The number of carboxylic acid groups (broad SMARTS) is 1. The molecule has 0 heterocycles. The minimum atomic E-state index is -0.826. The van der Waals surface area contributed by atoms with Gasteiger partial charge < -0.3 is 10.4 Å². The third-order valence-corrected chi connectivity index (χ3v) is 4.91. The summed E-state index contributed by atoms with van der Waals surface area (Å²) in [5.74, 6) is -0.606. The Morgan fingerprint density at radius 3 is 2.75 bits per heavy atom. The molecule has 0 saturated heterocycles. The topological polar surface area (TPSA) is 66.4 Å². The number of carbonyl (C=O) groups excluding carboxylic acids is 1. The number of rotatable bonds is 5. The molecule has 0 bridgehead atoms. The number of amides is 1. The Balaban J connectivity index is 1.87. The third kappa shape index (κ3) is 3.33. The summed E-state index contributed by atoms with van der Waals surface area (Å²) in [6.45, 7) is 1.72. The SMILES string of the molecule is CC1(C(=O)O)CCCC1NC(=O)CSc1ccccc1. The molecular weight excluding hydrogens is 274 g/mol. The van der Waals surface area contributed by atoms with Gasteiger partial charge in [-0.1, -0.05) is 24.6 Å². The number of carboxylic acids is 1. The molecule has 0 aromatic heterocycles. The van der Waals surface area contributed by atoms with Crippen LogP contribution in [0, 0.1) is 5.41 Å². The van der Waals surface area contributed by atoms with E-state index >= 15 is 0 Å². The highest BCUT2D eigenvalue weighted by atomic mass is 32.2. The first-order valence-corrected chi connectivity index (χ1v) is 7.71. The van der Waals surface area contributed by atoms with E-state index in [4.69, 9.17) is 0 Å². The molecule has 5 heteroatoms. The van der Waals surface area contributed by atoms with Crippen LogP contribution in [0.3, 0.4) is 0 Å². The van der Waals surface area contributed by atoms with Gasteiger partial charge in [0.05, 0.1) is 11.2 Å². The molecule has 1 amide bonds. The summed E-state index contributed by atoms with van der Waals surface area (Å²) in [4.78, 5) is 24.3. The van der Waals surface area contributed by atoms with E-state index in [2.05, 4.69) is 5.32 Å². The van der Waals surface area contributed by atoms with Crippen LogP contribution < -0.4 is 5.32 Å². The molecule has 2 rings (SSSR count). The van der Waals surface area contributed by atoms with Crippen molar-refractivity contribution in [2.75, 3.05) is 5.75 Å². The molecule has 20 heavy (non-hydrogen) atoms. The van der Waals surface area contributed by atoms with E-state index in [9.17, 15) is 14.7 Å². The minimum Gasteiger partial charge on any atom is -0.481 e. The zero-order chi connectivity index (χ0) is 14.6. The summed E-state index contributed by atoms with van der Waals surface area (Å²) in [5, 5.41) is 12.2. The second-order valence-corrected chi connectivity index (χ2v) is 6.39. The van der Waals surface area contributed by atoms with Crippen molar-refractivity contribution < 1.29 is 14.7 Å². The van der Waals surface area contributed by atoms with Crippen molar-refractivity contribution in [1.29, 1.82) is 0 Å². The van der Waals surface area contributed by atoms with Gasteiger partial charge in [0.1, 0.15) is 0 Å². The normalized spacial score (nSPS) is 25.4. The van der Waals surface area contributed by atoms with Crippen LogP contribution in [0.15, 0.2) is 35.2 Å². The zero-order valence-corrected chi connectivity index (χ0v) is 12.3. The maximum Gasteiger partial charge on any atom is 0.311 e. The van der Waals surface area contributed by atoms with E-state index in [0.717, 1.165) is 17.7 Å². The molecule has 2 unspecified atom stereocenters. The molecule has 1 aromatic carbocycles. The van der Waals surface area contributed by atoms with E-state index in [0.29, 0.717) is 12.2 Å². The Hall–Kier alpha value is -1.49. The average Bonchev–Trinajstić information content (AvgIpc) is 2.80. The average molecular weight is 293 g/mol. The Kier molecular flexibility index (Phi) is 4.70. The largest absolute Gasteiger partial charge is 0.481 e. The molecule has 0 radical (unpaired) electrons. The Morgan fingerprint density at radius 2 is 2.10 bits per heavy atom. The first-order valence-electron chi connectivity index (χ1n) is 6.73. The fraction of sp³-hybridized carbons (Fsp3) is 0.467. The van der Waals surface area contributed by atoms with Crippen LogP contribution in [-0.2, 0) is 9.59 Å². The van der Waals surface area contributed by atoms with Crippen LogP contribution >= 0.6 is 11.8 Å². The monoisotopic (exact) mass is 293 g/mol. The molecule has 0 aliphatic heterocycles. The quantitative estimate of drug-likeness (QED) is 0.819. The van der Waals surface area contributed by atoms with E-state index in [-0.39, 0.29) is 11.9 Å². The van der Waals surface area contributed by atoms with Crippen molar-refractivity contribution in [1.82, 2.24) is 5.32 Å². The smallest absolute Gasteiger partial charge is 0.311 e. The highest BCUT2D eigenvalue weighted by Crippen LogP contribution is 2.38. The number of benzene rings is 1. The second-order valence-electron chi connectivity index (χ2n) is 5.34. The van der Waals surface area contributed by atoms with E-state index < -0.39 is 11.4 Å². The van der Waals surface area contributed by atoms with Crippen LogP contribution in [0.2, 0.25) is 0 Å². The highest BCUT2D eigenvalue weighted by Gasteiger charge is 2.45. The first kappa shape index (κ1) is 14.9.